The number of nitriles is 1. The van der Waals surface area contributed by atoms with Crippen LogP contribution in [0.2, 0.25) is 0 Å². The number of benzene rings is 1. The summed E-state index contributed by atoms with van der Waals surface area (Å²) < 4.78 is 43.1. The summed E-state index contributed by atoms with van der Waals surface area (Å²) >= 11 is 0. The molecule has 0 atom stereocenters. The molecule has 20 heavy (non-hydrogen) atoms. The van der Waals surface area contributed by atoms with Crippen LogP contribution in [0.3, 0.4) is 0 Å². The number of ether oxygens (including phenoxy) is 1. The quantitative estimate of drug-likeness (QED) is 0.849. The molecular formula is C12H11F3N2O3. The molecule has 2 N–H and O–H groups in total. The van der Waals surface area contributed by atoms with Gasteiger partial charge in [-0.05, 0) is 18.2 Å². The maximum absolute atomic E-state index is 12.8. The number of halogens is 3. The van der Waals surface area contributed by atoms with Gasteiger partial charge in [-0.3, -0.25) is 4.79 Å². The van der Waals surface area contributed by atoms with Crippen molar-refractivity contribution in [2.24, 2.45) is 0 Å². The molecule has 0 heterocycles. The molecule has 0 spiro atoms. The van der Waals surface area contributed by atoms with E-state index in [1.807, 2.05) is 0 Å². The Hall–Kier alpha value is -2.27. The second-order valence-corrected chi connectivity index (χ2v) is 3.68. The minimum absolute atomic E-state index is 0.0122. The van der Waals surface area contributed by atoms with E-state index in [-0.39, 0.29) is 18.7 Å². The number of nitrogens with zero attached hydrogens (tertiary/aromatic N) is 1. The van der Waals surface area contributed by atoms with Crippen LogP contribution in [0.1, 0.15) is 11.1 Å². The van der Waals surface area contributed by atoms with E-state index < -0.39 is 30.0 Å². The van der Waals surface area contributed by atoms with E-state index in [0.29, 0.717) is 6.07 Å². The van der Waals surface area contributed by atoms with E-state index >= 15 is 0 Å². The van der Waals surface area contributed by atoms with Crippen LogP contribution in [0.5, 0.6) is 5.75 Å². The van der Waals surface area contributed by atoms with Crippen LogP contribution in [0.25, 0.3) is 0 Å². The summed E-state index contributed by atoms with van der Waals surface area (Å²) in [5.74, 6) is -1.19. The smallest absolute Gasteiger partial charge is 0.420 e. The lowest BCUT2D eigenvalue weighted by Gasteiger charge is -2.14. The fourth-order valence-corrected chi connectivity index (χ4v) is 1.34. The standard InChI is InChI=1S/C12H11F3N2O3/c13-12(14,15)9-5-8(6-16)1-2-10(9)20-7-11(19)17-3-4-18/h1-2,5,18H,3-4,7H2,(H,17,19). The van der Waals surface area contributed by atoms with Crippen molar-refractivity contribution in [3.8, 4) is 11.8 Å². The molecule has 1 rings (SSSR count). The molecular weight excluding hydrogens is 277 g/mol. The maximum Gasteiger partial charge on any atom is 0.420 e. The fraction of sp³-hybridized carbons (Fsp3) is 0.333. The Kier molecular flexibility index (Phi) is 5.34. The summed E-state index contributed by atoms with van der Waals surface area (Å²) in [6.45, 7) is -0.910. The molecule has 0 aliphatic carbocycles. The van der Waals surface area contributed by atoms with Crippen molar-refractivity contribution in [3.05, 3.63) is 29.3 Å². The highest BCUT2D eigenvalue weighted by Gasteiger charge is 2.34. The first-order chi connectivity index (χ1) is 9.38. The van der Waals surface area contributed by atoms with Crippen LogP contribution in [0.15, 0.2) is 18.2 Å². The van der Waals surface area contributed by atoms with E-state index in [2.05, 4.69) is 5.32 Å². The number of carbonyl (C=O) groups is 1. The summed E-state index contributed by atoms with van der Waals surface area (Å²) in [5.41, 5.74) is -1.28. The largest absolute Gasteiger partial charge is 0.483 e. The molecule has 1 amide bonds. The van der Waals surface area contributed by atoms with Crippen LogP contribution in [-0.4, -0.2) is 30.8 Å². The van der Waals surface area contributed by atoms with E-state index in [4.69, 9.17) is 15.1 Å². The van der Waals surface area contributed by atoms with E-state index in [9.17, 15) is 18.0 Å². The molecule has 8 heteroatoms. The number of hydrogen-bond acceptors (Lipinski definition) is 4. The van der Waals surface area contributed by atoms with Gasteiger partial charge in [0.2, 0.25) is 0 Å². The molecule has 0 radical (unpaired) electrons. The summed E-state index contributed by atoms with van der Waals surface area (Å²) in [5, 5.41) is 19.3. The number of carbonyl (C=O) groups excluding carboxylic acids is 1. The van der Waals surface area contributed by atoms with Crippen LogP contribution < -0.4 is 10.1 Å². The highest BCUT2D eigenvalue weighted by atomic mass is 19.4. The zero-order valence-electron chi connectivity index (χ0n) is 10.2. The molecule has 5 nitrogen and oxygen atoms in total. The zero-order chi connectivity index (χ0) is 15.2. The molecule has 1 aromatic rings. The Morgan fingerprint density at radius 2 is 2.15 bits per heavy atom. The number of amides is 1. The Morgan fingerprint density at radius 1 is 1.45 bits per heavy atom. The van der Waals surface area contributed by atoms with Crippen LogP contribution >= 0.6 is 0 Å². The molecule has 0 saturated carbocycles. The minimum atomic E-state index is -4.69. The second-order valence-electron chi connectivity index (χ2n) is 3.68. The second kappa shape index (κ2) is 6.77. The zero-order valence-corrected chi connectivity index (χ0v) is 10.2. The van der Waals surface area contributed by atoms with Crippen molar-refractivity contribution in [2.45, 2.75) is 6.18 Å². The molecule has 0 fully saturated rings. The third kappa shape index (κ3) is 4.44. The monoisotopic (exact) mass is 288 g/mol. The Morgan fingerprint density at radius 3 is 2.70 bits per heavy atom. The van der Waals surface area contributed by atoms with Gasteiger partial charge in [0.05, 0.1) is 23.8 Å². The summed E-state index contributed by atoms with van der Waals surface area (Å²) in [4.78, 5) is 11.2. The van der Waals surface area contributed by atoms with Crippen LogP contribution in [-0.2, 0) is 11.0 Å². The van der Waals surface area contributed by atoms with Gasteiger partial charge in [0.1, 0.15) is 5.75 Å². The summed E-state index contributed by atoms with van der Waals surface area (Å²) in [7, 11) is 0. The summed E-state index contributed by atoms with van der Waals surface area (Å²) in [6, 6.07) is 4.40. The number of rotatable bonds is 5. The van der Waals surface area contributed by atoms with Crippen molar-refractivity contribution in [1.29, 1.82) is 5.26 Å². The molecule has 0 unspecified atom stereocenters. The number of nitrogens with one attached hydrogen (secondary N) is 1. The average Bonchev–Trinajstić information content (AvgIpc) is 2.41. The van der Waals surface area contributed by atoms with Gasteiger partial charge in [0.15, 0.2) is 6.61 Å². The highest BCUT2D eigenvalue weighted by Crippen LogP contribution is 2.36. The third-order valence-corrected chi connectivity index (χ3v) is 2.21. The van der Waals surface area contributed by atoms with E-state index in [0.717, 1.165) is 12.1 Å². The first-order valence-corrected chi connectivity index (χ1v) is 5.50. The maximum atomic E-state index is 12.8. The lowest BCUT2D eigenvalue weighted by Crippen LogP contribution is -2.31. The molecule has 0 aliphatic heterocycles. The Bertz CT molecular complexity index is 524. The Balaban J connectivity index is 2.85. The molecule has 0 saturated heterocycles. The third-order valence-electron chi connectivity index (χ3n) is 2.21. The van der Waals surface area contributed by atoms with Gasteiger partial charge in [-0.2, -0.15) is 18.4 Å². The lowest BCUT2D eigenvalue weighted by atomic mass is 10.1. The summed E-state index contributed by atoms with van der Waals surface area (Å²) in [6.07, 6.45) is -4.69. The minimum Gasteiger partial charge on any atom is -0.483 e. The molecule has 0 bridgehead atoms. The van der Waals surface area contributed by atoms with Crippen molar-refractivity contribution in [3.63, 3.8) is 0 Å². The van der Waals surface area contributed by atoms with Crippen molar-refractivity contribution in [1.82, 2.24) is 5.32 Å². The molecule has 0 aliphatic rings. The first-order valence-electron chi connectivity index (χ1n) is 5.50. The molecule has 108 valence electrons. The van der Waals surface area contributed by atoms with Gasteiger partial charge in [-0.25, -0.2) is 0 Å². The van der Waals surface area contributed by atoms with Crippen molar-refractivity contribution < 1.29 is 27.8 Å². The fourth-order valence-electron chi connectivity index (χ4n) is 1.34. The van der Waals surface area contributed by atoms with Gasteiger partial charge in [0.25, 0.3) is 5.91 Å². The van der Waals surface area contributed by atoms with E-state index in [1.54, 1.807) is 6.07 Å². The number of hydrogen-bond donors (Lipinski definition) is 2. The first kappa shape index (κ1) is 15.8. The van der Waals surface area contributed by atoms with E-state index in [1.165, 1.54) is 0 Å². The van der Waals surface area contributed by atoms with Gasteiger partial charge in [-0.1, -0.05) is 0 Å². The predicted molar refractivity (Wildman–Crippen MR) is 61.7 cm³/mol. The van der Waals surface area contributed by atoms with Crippen molar-refractivity contribution >= 4 is 5.91 Å². The number of aliphatic hydroxyl groups is 1. The Labute approximate surface area is 112 Å². The SMILES string of the molecule is N#Cc1ccc(OCC(=O)NCCO)c(C(F)(F)F)c1. The van der Waals surface area contributed by atoms with Gasteiger partial charge in [0, 0.05) is 6.54 Å². The normalized spacial score (nSPS) is 10.8. The van der Waals surface area contributed by atoms with Gasteiger partial charge in [-0.15, -0.1) is 0 Å². The van der Waals surface area contributed by atoms with Crippen LogP contribution in [0, 0.1) is 11.3 Å². The lowest BCUT2D eigenvalue weighted by molar-refractivity contribution is -0.139. The van der Waals surface area contributed by atoms with Gasteiger partial charge >= 0.3 is 6.18 Å². The van der Waals surface area contributed by atoms with Crippen LogP contribution in [0.4, 0.5) is 13.2 Å². The average molecular weight is 288 g/mol. The topological polar surface area (TPSA) is 82.3 Å². The van der Waals surface area contributed by atoms with Crippen molar-refractivity contribution in [2.75, 3.05) is 19.8 Å². The number of alkyl halides is 3. The van der Waals surface area contributed by atoms with Gasteiger partial charge < -0.3 is 15.2 Å². The number of aliphatic hydroxyl groups excluding tert-OH is 1. The highest BCUT2D eigenvalue weighted by molar-refractivity contribution is 5.77. The predicted octanol–water partition coefficient (Wildman–Crippen LogP) is 1.06. The molecule has 1 aromatic carbocycles. The molecule has 0 aromatic heterocycles.